The molecule has 0 bridgehead atoms. The molecule has 104 valence electrons. The van der Waals surface area contributed by atoms with Crippen LogP contribution in [0.3, 0.4) is 0 Å². The molecule has 1 unspecified atom stereocenters. The van der Waals surface area contributed by atoms with Gasteiger partial charge in [-0.05, 0) is 0 Å². The summed E-state index contributed by atoms with van der Waals surface area (Å²) in [5, 5.41) is 59.7. The average molecular weight is 500 g/mol. The van der Waals surface area contributed by atoms with Gasteiger partial charge in [-0.2, -0.15) is 4.31 Å². The predicted molar refractivity (Wildman–Crippen MR) is 39.0 cm³/mol. The number of hydrogen-bond donors (Lipinski definition) is 1. The second-order valence-electron chi connectivity index (χ2n) is 2.18. The molecule has 0 saturated carbocycles. The first-order chi connectivity index (χ1) is 7.96. The van der Waals surface area contributed by atoms with E-state index in [0.29, 0.717) is 0 Å². The molecule has 0 saturated heterocycles. The summed E-state index contributed by atoms with van der Waals surface area (Å²) in [6, 6.07) is 0. The summed E-state index contributed by atoms with van der Waals surface area (Å²) in [6.07, 6.45) is 0. The Hall–Kier alpha value is 2.08. The molecule has 0 aromatic rings. The monoisotopic (exact) mass is 496 g/mol. The fourth-order valence-electron chi connectivity index (χ4n) is 0.529. The van der Waals surface area contributed by atoms with Gasteiger partial charge in [0.15, 0.2) is 0 Å². The molecule has 0 spiro atoms. The van der Waals surface area contributed by atoms with E-state index >= 15 is 0 Å². The van der Waals surface area contributed by atoms with Gasteiger partial charge in [0.25, 0.3) is 0 Å². The molecule has 0 radical (unpaired) electrons. The molecule has 0 aromatic heterocycles. The van der Waals surface area contributed by atoms with Crippen molar-refractivity contribution in [1.29, 1.82) is 0 Å². The van der Waals surface area contributed by atoms with E-state index in [-0.39, 0.29) is 58.4 Å². The van der Waals surface area contributed by atoms with Crippen LogP contribution in [0.4, 0.5) is 0 Å². The molecule has 0 aliphatic heterocycles. The molecule has 21 heavy (non-hydrogen) atoms. The number of hydrogen-bond acceptors (Lipinski definition) is 12. The fourth-order valence-corrected chi connectivity index (χ4v) is 2.69. The van der Waals surface area contributed by atoms with Gasteiger partial charge < -0.3 is 48.4 Å². The van der Waals surface area contributed by atoms with Crippen LogP contribution in [0.25, 0.3) is 0 Å². The van der Waals surface area contributed by atoms with Gasteiger partial charge in [-0.15, -0.1) is 0 Å². The zero-order chi connectivity index (χ0) is 14.6. The molecule has 0 amide bonds. The average Bonchev–Trinajstić information content (AvgIpc) is 1.92. The Morgan fingerprint density at radius 2 is 1.00 bits per heavy atom. The van der Waals surface area contributed by atoms with Crippen molar-refractivity contribution >= 4 is 37.6 Å². The summed E-state index contributed by atoms with van der Waals surface area (Å²) in [4.78, 5) is 8.62. The maximum absolute atomic E-state index is 11.1. The van der Waals surface area contributed by atoms with Crippen molar-refractivity contribution in [2.24, 2.45) is 0 Å². The second-order valence-corrected chi connectivity index (χ2v) is 5.30. The van der Waals surface area contributed by atoms with E-state index in [2.05, 4.69) is 17.6 Å². The van der Waals surface area contributed by atoms with Crippen LogP contribution in [0.15, 0.2) is 0 Å². The first-order valence-electron chi connectivity index (χ1n) is 3.60. The molecule has 0 aliphatic carbocycles. The summed E-state index contributed by atoms with van der Waals surface area (Å²) in [5.41, 5.74) is 0. The fraction of sp³-hybridized carbons (Fsp3) is 0. The summed E-state index contributed by atoms with van der Waals surface area (Å²) in [5.74, 6) is 0. The third-order valence-corrected chi connectivity index (χ3v) is 3.78. The normalized spacial score (nSPS) is 12.9. The Morgan fingerprint density at radius 3 is 1.24 bits per heavy atom. The van der Waals surface area contributed by atoms with Crippen LogP contribution in [0.5, 0.6) is 0 Å². The Kier molecular flexibility index (Phi) is 19.7. The minimum absolute atomic E-state index is 0. The molecule has 13 nitrogen and oxygen atoms in total. The predicted octanol–water partition coefficient (Wildman–Crippen LogP) is -7.63. The third kappa shape index (κ3) is 16.7. The van der Waals surface area contributed by atoms with E-state index in [4.69, 9.17) is 4.89 Å². The van der Waals surface area contributed by atoms with Crippen molar-refractivity contribution in [3.05, 3.63) is 0 Å². The van der Waals surface area contributed by atoms with Gasteiger partial charge >= 0.3 is 74.1 Å². The summed E-state index contributed by atoms with van der Waals surface area (Å²) >= 11 is 0. The van der Waals surface area contributed by atoms with Gasteiger partial charge in [0, 0.05) is 0 Å². The summed E-state index contributed by atoms with van der Waals surface area (Å²) < 4.78 is 34.9. The van der Waals surface area contributed by atoms with Crippen molar-refractivity contribution in [1.82, 2.24) is 0 Å². The van der Waals surface area contributed by atoms with Crippen LogP contribution < -0.4 is 30.1 Å². The smallest absolute Gasteiger partial charge is 0.870 e. The first-order valence-corrected chi connectivity index (χ1v) is 6.56. The minimum Gasteiger partial charge on any atom is -0.870 e. The molecular formula is HB3O13P2Zn3. The molecule has 21 heteroatoms. The van der Waals surface area contributed by atoms with E-state index in [1.807, 2.05) is 0 Å². The minimum atomic E-state index is -5.68. The first kappa shape index (κ1) is 30.9. The Bertz CT molecular complexity index is 334. The Labute approximate surface area is 157 Å². The van der Waals surface area contributed by atoms with E-state index in [1.54, 1.807) is 0 Å². The van der Waals surface area contributed by atoms with Crippen molar-refractivity contribution in [2.75, 3.05) is 0 Å². The van der Waals surface area contributed by atoms with Gasteiger partial charge in [-0.25, -0.2) is 9.13 Å². The van der Waals surface area contributed by atoms with Crippen LogP contribution in [0.1, 0.15) is 0 Å². The topological polar surface area (TPSA) is 230 Å². The summed E-state index contributed by atoms with van der Waals surface area (Å²) in [7, 11) is -21.6. The van der Waals surface area contributed by atoms with Gasteiger partial charge in [-0.1, -0.05) is 0 Å². The largest absolute Gasteiger partial charge is 2.00 e. The van der Waals surface area contributed by atoms with Crippen LogP contribution in [-0.4, -0.2) is 26.9 Å². The van der Waals surface area contributed by atoms with Crippen molar-refractivity contribution in [2.45, 2.75) is 0 Å². The molecule has 0 aromatic carbocycles. The van der Waals surface area contributed by atoms with Crippen LogP contribution in [0, 0.1) is 0 Å². The van der Waals surface area contributed by atoms with E-state index in [0.717, 1.165) is 0 Å². The van der Waals surface area contributed by atoms with Gasteiger partial charge in [0.1, 0.15) is 0 Å². The molecule has 0 aliphatic rings. The summed E-state index contributed by atoms with van der Waals surface area (Å²) in [6.45, 7) is 0. The van der Waals surface area contributed by atoms with Crippen LogP contribution in [0.2, 0.25) is 0 Å². The second kappa shape index (κ2) is 13.4. The molecule has 0 rings (SSSR count). The van der Waals surface area contributed by atoms with Gasteiger partial charge in [0.2, 0.25) is 0 Å². The van der Waals surface area contributed by atoms with Crippen molar-refractivity contribution in [3.63, 3.8) is 0 Å². The Morgan fingerprint density at radius 1 is 0.714 bits per heavy atom. The van der Waals surface area contributed by atoms with Crippen LogP contribution in [-0.2, 0) is 85.2 Å². The quantitative estimate of drug-likeness (QED) is 0.242. The van der Waals surface area contributed by atoms with Crippen LogP contribution >= 0.6 is 15.6 Å². The number of rotatable bonds is 8. The third-order valence-electron chi connectivity index (χ3n) is 0.853. The SMILES string of the molecule is O=P(O)(OB([O-])[O-])OP(=O)(OB([O-])[O-])OB([O-])[O-].[Zn+2].[Zn+2].[Zn+2]. The standard InChI is InChI=1S/B3HO13P2.3Zn/c4-1(5)13-17(10,11)16-18(12,14-2(6)7)15-3(8)9;;;/h(H,10,11);;;/q-6;3*+2. The van der Waals surface area contributed by atoms with E-state index in [1.165, 1.54) is 0 Å². The Balaban J connectivity index is -0.000000482. The van der Waals surface area contributed by atoms with E-state index < -0.39 is 37.6 Å². The zero-order valence-corrected chi connectivity index (χ0v) is 20.8. The van der Waals surface area contributed by atoms with Gasteiger partial charge in [0.05, 0.1) is 22.0 Å². The molecule has 0 heterocycles. The molecular weight excluding hydrogens is 499 g/mol. The molecule has 1 N–H and O–H groups in total. The maximum atomic E-state index is 11.1. The van der Waals surface area contributed by atoms with E-state index in [9.17, 15) is 39.3 Å². The van der Waals surface area contributed by atoms with Crippen molar-refractivity contribution in [3.8, 4) is 0 Å². The number of phosphoric acid groups is 2. The molecule has 1 atom stereocenters. The zero-order valence-electron chi connectivity index (χ0n) is 10.1. The van der Waals surface area contributed by atoms with Gasteiger partial charge in [-0.3, -0.25) is 0 Å². The molecule has 0 fully saturated rings. The van der Waals surface area contributed by atoms with Crippen molar-refractivity contribution < 1.29 is 120 Å². The maximum Gasteiger partial charge on any atom is 2.00 e.